The Bertz CT molecular complexity index is 394. The minimum atomic E-state index is 0.629. The Morgan fingerprint density at radius 3 is 2.79 bits per heavy atom. The molecule has 0 aromatic heterocycles. The summed E-state index contributed by atoms with van der Waals surface area (Å²) in [7, 11) is 0. The number of halogens is 1. The van der Waals surface area contributed by atoms with Crippen molar-refractivity contribution >= 4 is 11.6 Å². The molecule has 0 radical (unpaired) electrons. The van der Waals surface area contributed by atoms with E-state index >= 15 is 0 Å². The Morgan fingerprint density at radius 1 is 1.32 bits per heavy atom. The fourth-order valence-corrected chi connectivity index (χ4v) is 3.11. The standard InChI is InChI=1S/C16H25ClN2/c1-3-7-14-12-19(15(4-2)10-18-14)11-13-8-5-6-9-16(13)17/h5-6,8-9,14-15,18H,3-4,7,10-12H2,1-2H3. The van der Waals surface area contributed by atoms with E-state index in [-0.39, 0.29) is 0 Å². The highest BCUT2D eigenvalue weighted by molar-refractivity contribution is 6.31. The zero-order valence-corrected chi connectivity index (χ0v) is 12.8. The van der Waals surface area contributed by atoms with E-state index < -0.39 is 0 Å². The number of nitrogens with zero attached hydrogens (tertiary/aromatic N) is 1. The predicted molar refractivity (Wildman–Crippen MR) is 82.6 cm³/mol. The summed E-state index contributed by atoms with van der Waals surface area (Å²) >= 11 is 6.29. The van der Waals surface area contributed by atoms with Gasteiger partial charge in [-0.1, -0.05) is 50.1 Å². The van der Waals surface area contributed by atoms with E-state index in [1.807, 2.05) is 12.1 Å². The van der Waals surface area contributed by atoms with Gasteiger partial charge in [-0.2, -0.15) is 0 Å². The molecule has 1 aliphatic heterocycles. The molecule has 1 saturated heterocycles. The molecule has 2 unspecified atom stereocenters. The topological polar surface area (TPSA) is 15.3 Å². The van der Waals surface area contributed by atoms with Gasteiger partial charge in [0.15, 0.2) is 0 Å². The summed E-state index contributed by atoms with van der Waals surface area (Å²) in [5.74, 6) is 0. The molecule has 106 valence electrons. The van der Waals surface area contributed by atoms with Crippen molar-refractivity contribution in [3.63, 3.8) is 0 Å². The second kappa shape index (κ2) is 7.28. The second-order valence-electron chi connectivity index (χ2n) is 5.48. The molecule has 1 aromatic rings. The maximum absolute atomic E-state index is 6.29. The molecule has 1 aromatic carbocycles. The molecule has 19 heavy (non-hydrogen) atoms. The predicted octanol–water partition coefficient (Wildman–Crippen LogP) is 3.69. The molecule has 1 aliphatic rings. The van der Waals surface area contributed by atoms with Crippen LogP contribution in [0.5, 0.6) is 0 Å². The minimum absolute atomic E-state index is 0.629. The van der Waals surface area contributed by atoms with E-state index in [0.29, 0.717) is 12.1 Å². The lowest BCUT2D eigenvalue weighted by atomic mass is 10.0. The Hall–Kier alpha value is -0.570. The summed E-state index contributed by atoms with van der Waals surface area (Å²) in [6, 6.07) is 9.48. The first-order valence-corrected chi connectivity index (χ1v) is 7.83. The van der Waals surface area contributed by atoms with Crippen LogP contribution in [0, 0.1) is 0 Å². The van der Waals surface area contributed by atoms with E-state index in [0.717, 1.165) is 24.7 Å². The quantitative estimate of drug-likeness (QED) is 0.885. The lowest BCUT2D eigenvalue weighted by Crippen LogP contribution is -2.55. The Labute approximate surface area is 122 Å². The van der Waals surface area contributed by atoms with Crippen LogP contribution in [0.2, 0.25) is 5.02 Å². The van der Waals surface area contributed by atoms with Gasteiger partial charge in [0.25, 0.3) is 0 Å². The molecule has 2 rings (SSSR count). The van der Waals surface area contributed by atoms with Gasteiger partial charge < -0.3 is 5.32 Å². The van der Waals surface area contributed by atoms with Crippen LogP contribution in [0.4, 0.5) is 0 Å². The molecule has 0 spiro atoms. The van der Waals surface area contributed by atoms with E-state index in [1.54, 1.807) is 0 Å². The van der Waals surface area contributed by atoms with Crippen LogP contribution >= 0.6 is 11.6 Å². The fourth-order valence-electron chi connectivity index (χ4n) is 2.91. The zero-order valence-electron chi connectivity index (χ0n) is 12.0. The third-order valence-corrected chi connectivity index (χ3v) is 4.42. The smallest absolute Gasteiger partial charge is 0.0451 e. The number of rotatable bonds is 5. The van der Waals surface area contributed by atoms with Crippen LogP contribution in [0.15, 0.2) is 24.3 Å². The number of hydrogen-bond donors (Lipinski definition) is 1. The van der Waals surface area contributed by atoms with Gasteiger partial charge in [-0.3, -0.25) is 4.90 Å². The van der Waals surface area contributed by atoms with Crippen LogP contribution in [0.1, 0.15) is 38.7 Å². The third-order valence-electron chi connectivity index (χ3n) is 4.05. The largest absolute Gasteiger partial charge is 0.311 e. The summed E-state index contributed by atoms with van der Waals surface area (Å²) in [6.45, 7) is 7.74. The Morgan fingerprint density at radius 2 is 2.11 bits per heavy atom. The monoisotopic (exact) mass is 280 g/mol. The van der Waals surface area contributed by atoms with Crippen molar-refractivity contribution < 1.29 is 0 Å². The van der Waals surface area contributed by atoms with Crippen LogP contribution in [-0.2, 0) is 6.54 Å². The van der Waals surface area contributed by atoms with Gasteiger partial charge in [0.1, 0.15) is 0 Å². The second-order valence-corrected chi connectivity index (χ2v) is 5.88. The lowest BCUT2D eigenvalue weighted by molar-refractivity contribution is 0.115. The summed E-state index contributed by atoms with van der Waals surface area (Å²) in [4.78, 5) is 2.60. The third kappa shape index (κ3) is 3.95. The van der Waals surface area contributed by atoms with Gasteiger partial charge in [-0.25, -0.2) is 0 Å². The van der Waals surface area contributed by atoms with Gasteiger partial charge >= 0.3 is 0 Å². The van der Waals surface area contributed by atoms with Crippen molar-refractivity contribution in [3.05, 3.63) is 34.9 Å². The lowest BCUT2D eigenvalue weighted by Gasteiger charge is -2.40. The van der Waals surface area contributed by atoms with E-state index in [4.69, 9.17) is 11.6 Å². The maximum Gasteiger partial charge on any atom is 0.0451 e. The van der Waals surface area contributed by atoms with Crippen LogP contribution in [-0.4, -0.2) is 30.1 Å². The Balaban J connectivity index is 2.04. The number of benzene rings is 1. The van der Waals surface area contributed by atoms with Crippen LogP contribution in [0.25, 0.3) is 0 Å². The van der Waals surface area contributed by atoms with Crippen LogP contribution in [0.3, 0.4) is 0 Å². The molecule has 1 fully saturated rings. The summed E-state index contributed by atoms with van der Waals surface area (Å²) in [5, 5.41) is 4.57. The Kier molecular flexibility index (Phi) is 5.68. The van der Waals surface area contributed by atoms with Gasteiger partial charge in [0, 0.05) is 36.7 Å². The molecule has 1 N–H and O–H groups in total. The molecule has 0 saturated carbocycles. The fraction of sp³-hybridized carbons (Fsp3) is 0.625. The molecular formula is C16H25ClN2. The van der Waals surface area contributed by atoms with Crippen LogP contribution < -0.4 is 5.32 Å². The normalized spacial score (nSPS) is 24.6. The first-order chi connectivity index (χ1) is 9.24. The molecule has 2 nitrogen and oxygen atoms in total. The molecule has 3 heteroatoms. The van der Waals surface area contributed by atoms with Gasteiger partial charge in [-0.15, -0.1) is 0 Å². The summed E-state index contributed by atoms with van der Waals surface area (Å²) < 4.78 is 0. The molecule has 1 heterocycles. The zero-order chi connectivity index (χ0) is 13.7. The van der Waals surface area contributed by atoms with Gasteiger partial charge in [0.05, 0.1) is 0 Å². The van der Waals surface area contributed by atoms with E-state index in [9.17, 15) is 0 Å². The number of hydrogen-bond acceptors (Lipinski definition) is 2. The first-order valence-electron chi connectivity index (χ1n) is 7.45. The van der Waals surface area contributed by atoms with Gasteiger partial charge in [-0.05, 0) is 24.5 Å². The molecule has 0 bridgehead atoms. The number of piperazine rings is 1. The molecular weight excluding hydrogens is 256 g/mol. The van der Waals surface area contributed by atoms with Crippen molar-refractivity contribution in [3.8, 4) is 0 Å². The molecule has 0 aliphatic carbocycles. The average Bonchev–Trinajstić information content (AvgIpc) is 2.42. The highest BCUT2D eigenvalue weighted by atomic mass is 35.5. The van der Waals surface area contributed by atoms with Crippen molar-refractivity contribution in [2.45, 2.75) is 51.7 Å². The van der Waals surface area contributed by atoms with Crippen molar-refractivity contribution in [2.24, 2.45) is 0 Å². The SMILES string of the molecule is CCCC1CN(Cc2ccccc2Cl)C(CC)CN1. The van der Waals surface area contributed by atoms with Crippen molar-refractivity contribution in [2.75, 3.05) is 13.1 Å². The first kappa shape index (κ1) is 14.8. The highest BCUT2D eigenvalue weighted by Gasteiger charge is 2.26. The molecule has 2 atom stereocenters. The van der Waals surface area contributed by atoms with E-state index in [1.165, 1.54) is 24.8 Å². The average molecular weight is 281 g/mol. The summed E-state index contributed by atoms with van der Waals surface area (Å²) in [5.41, 5.74) is 1.25. The number of nitrogens with one attached hydrogen (secondary N) is 1. The maximum atomic E-state index is 6.29. The van der Waals surface area contributed by atoms with Crippen molar-refractivity contribution in [1.82, 2.24) is 10.2 Å². The summed E-state index contributed by atoms with van der Waals surface area (Å²) in [6.07, 6.45) is 3.69. The molecule has 0 amide bonds. The van der Waals surface area contributed by atoms with Gasteiger partial charge in [0.2, 0.25) is 0 Å². The van der Waals surface area contributed by atoms with E-state index in [2.05, 4.69) is 36.2 Å². The van der Waals surface area contributed by atoms with Crippen molar-refractivity contribution in [1.29, 1.82) is 0 Å². The highest BCUT2D eigenvalue weighted by Crippen LogP contribution is 2.21. The minimum Gasteiger partial charge on any atom is -0.311 e.